The summed E-state index contributed by atoms with van der Waals surface area (Å²) in [6.45, 7) is 0. The van der Waals surface area contributed by atoms with Gasteiger partial charge in [0.2, 0.25) is 0 Å². The van der Waals surface area contributed by atoms with E-state index < -0.39 is 0 Å². The number of hydrogen-bond acceptors (Lipinski definition) is 2. The van der Waals surface area contributed by atoms with Gasteiger partial charge in [-0.1, -0.05) is 0 Å². The smallest absolute Gasteiger partial charge is 0.138 e. The molecular formula is C8H6N3. The van der Waals surface area contributed by atoms with Crippen LogP contribution in [-0.2, 0) is 0 Å². The molecule has 0 aliphatic rings. The summed E-state index contributed by atoms with van der Waals surface area (Å²) in [5, 5.41) is 0. The van der Waals surface area contributed by atoms with E-state index >= 15 is 0 Å². The van der Waals surface area contributed by atoms with Gasteiger partial charge in [-0.15, -0.1) is 0 Å². The van der Waals surface area contributed by atoms with E-state index in [-0.39, 0.29) is 0 Å². The molecule has 0 spiro atoms. The predicted molar refractivity (Wildman–Crippen MR) is 40.7 cm³/mol. The molecule has 0 aromatic carbocycles. The molecule has 11 heavy (non-hydrogen) atoms. The molecule has 1 N–H and O–H groups in total. The van der Waals surface area contributed by atoms with E-state index in [1.165, 1.54) is 0 Å². The van der Waals surface area contributed by atoms with Gasteiger partial charge in [0.15, 0.2) is 0 Å². The number of nitrogens with zero attached hydrogens (tertiary/aromatic N) is 2. The van der Waals surface area contributed by atoms with E-state index in [0.29, 0.717) is 0 Å². The molecule has 3 nitrogen and oxygen atoms in total. The van der Waals surface area contributed by atoms with Crippen LogP contribution in [0, 0.1) is 6.20 Å². The van der Waals surface area contributed by atoms with Gasteiger partial charge in [0, 0.05) is 24.2 Å². The van der Waals surface area contributed by atoms with Crippen LogP contribution in [0.5, 0.6) is 0 Å². The third-order valence-corrected chi connectivity index (χ3v) is 1.39. The minimum atomic E-state index is 0.839. The zero-order valence-corrected chi connectivity index (χ0v) is 5.78. The first-order valence-electron chi connectivity index (χ1n) is 3.28. The second-order valence-electron chi connectivity index (χ2n) is 2.11. The highest BCUT2D eigenvalue weighted by atomic mass is 14.9. The van der Waals surface area contributed by atoms with Gasteiger partial charge in [0.1, 0.15) is 5.82 Å². The topological polar surface area (TPSA) is 41.6 Å². The van der Waals surface area contributed by atoms with Crippen molar-refractivity contribution in [2.75, 3.05) is 0 Å². The van der Waals surface area contributed by atoms with Crippen LogP contribution in [0.15, 0.2) is 30.7 Å². The van der Waals surface area contributed by atoms with Gasteiger partial charge in [0.25, 0.3) is 0 Å². The molecule has 3 heteroatoms. The van der Waals surface area contributed by atoms with E-state index in [1.807, 2.05) is 6.07 Å². The summed E-state index contributed by atoms with van der Waals surface area (Å²) in [6.07, 6.45) is 7.92. The average Bonchev–Trinajstić information content (AvgIpc) is 2.58. The normalized spacial score (nSPS) is 9.82. The molecule has 1 radical (unpaired) electrons. The average molecular weight is 144 g/mol. The number of hydrogen-bond donors (Lipinski definition) is 1. The number of H-pyrrole nitrogens is 1. The summed E-state index contributed by atoms with van der Waals surface area (Å²) in [5.41, 5.74) is 0.980. The van der Waals surface area contributed by atoms with Crippen LogP contribution < -0.4 is 0 Å². The lowest BCUT2D eigenvalue weighted by Gasteiger charge is -1.91. The van der Waals surface area contributed by atoms with Crippen molar-refractivity contribution in [3.8, 4) is 11.4 Å². The van der Waals surface area contributed by atoms with Gasteiger partial charge in [-0.3, -0.25) is 4.98 Å². The van der Waals surface area contributed by atoms with Crippen molar-refractivity contribution >= 4 is 0 Å². The maximum absolute atomic E-state index is 4.08. The molecule has 0 aliphatic carbocycles. The Hall–Kier alpha value is -1.64. The highest BCUT2D eigenvalue weighted by molar-refractivity contribution is 5.52. The molecule has 2 aromatic heterocycles. The van der Waals surface area contributed by atoms with E-state index in [2.05, 4.69) is 21.1 Å². The zero-order valence-electron chi connectivity index (χ0n) is 5.78. The number of aromatic nitrogens is 3. The molecule has 0 atom stereocenters. The minimum absolute atomic E-state index is 0.839. The van der Waals surface area contributed by atoms with Crippen molar-refractivity contribution in [1.29, 1.82) is 0 Å². The number of imidazole rings is 1. The number of pyridine rings is 1. The molecule has 0 saturated heterocycles. The molecule has 0 aliphatic heterocycles. The Kier molecular flexibility index (Phi) is 1.41. The van der Waals surface area contributed by atoms with Crippen LogP contribution in [0.2, 0.25) is 0 Å². The Balaban J connectivity index is 2.46. The molecule has 0 saturated carbocycles. The fraction of sp³-hybridized carbons (Fsp3) is 0. The molecule has 0 fully saturated rings. The summed E-state index contributed by atoms with van der Waals surface area (Å²) in [7, 11) is 0. The number of nitrogens with one attached hydrogen (secondary N) is 1. The molecular weight excluding hydrogens is 138 g/mol. The summed E-state index contributed by atoms with van der Waals surface area (Å²) < 4.78 is 0. The largest absolute Gasteiger partial charge is 0.345 e. The van der Waals surface area contributed by atoms with E-state index in [0.717, 1.165) is 11.4 Å². The molecule has 2 rings (SSSR count). The first-order chi connectivity index (χ1) is 5.47. The SMILES string of the molecule is [c]1ccc(-c2ncc[nH]2)cn1. The first-order valence-corrected chi connectivity index (χ1v) is 3.28. The Labute approximate surface area is 64.1 Å². The summed E-state index contributed by atoms with van der Waals surface area (Å²) >= 11 is 0. The molecule has 2 heterocycles. The third kappa shape index (κ3) is 1.12. The van der Waals surface area contributed by atoms with Crippen molar-refractivity contribution in [2.24, 2.45) is 0 Å². The number of rotatable bonds is 1. The Morgan fingerprint density at radius 3 is 3.09 bits per heavy atom. The lowest BCUT2D eigenvalue weighted by molar-refractivity contribution is 1.25. The van der Waals surface area contributed by atoms with Crippen LogP contribution in [0.1, 0.15) is 0 Å². The zero-order chi connectivity index (χ0) is 7.52. The molecule has 0 amide bonds. The van der Waals surface area contributed by atoms with Gasteiger partial charge in [0.05, 0.1) is 6.20 Å². The fourth-order valence-electron chi connectivity index (χ4n) is 0.883. The Bertz CT molecular complexity index is 312. The first kappa shape index (κ1) is 6.09. The second kappa shape index (κ2) is 2.54. The number of aromatic amines is 1. The van der Waals surface area contributed by atoms with E-state index in [4.69, 9.17) is 0 Å². The quantitative estimate of drug-likeness (QED) is 0.654. The molecule has 0 bridgehead atoms. The predicted octanol–water partition coefficient (Wildman–Crippen LogP) is 1.27. The minimum Gasteiger partial charge on any atom is -0.345 e. The van der Waals surface area contributed by atoms with E-state index in [9.17, 15) is 0 Å². The van der Waals surface area contributed by atoms with Crippen LogP contribution in [0.25, 0.3) is 11.4 Å². The monoisotopic (exact) mass is 144 g/mol. The highest BCUT2D eigenvalue weighted by Gasteiger charge is 1.96. The van der Waals surface area contributed by atoms with Crippen LogP contribution in [-0.4, -0.2) is 15.0 Å². The molecule has 53 valence electrons. The van der Waals surface area contributed by atoms with Gasteiger partial charge in [-0.25, -0.2) is 4.98 Å². The van der Waals surface area contributed by atoms with Gasteiger partial charge < -0.3 is 4.98 Å². The van der Waals surface area contributed by atoms with Crippen LogP contribution >= 0.6 is 0 Å². The lowest BCUT2D eigenvalue weighted by atomic mass is 10.3. The standard InChI is InChI=1S/C8H6N3/c1-2-7(6-9-3-1)8-10-4-5-11-8/h1-2,4-6H,(H,10,11). The Morgan fingerprint density at radius 2 is 2.45 bits per heavy atom. The van der Waals surface area contributed by atoms with Crippen molar-refractivity contribution in [3.05, 3.63) is 36.9 Å². The van der Waals surface area contributed by atoms with Crippen molar-refractivity contribution in [3.63, 3.8) is 0 Å². The molecule has 0 unspecified atom stereocenters. The van der Waals surface area contributed by atoms with Gasteiger partial charge >= 0.3 is 0 Å². The summed E-state index contributed by atoms with van der Waals surface area (Å²) in [4.78, 5) is 10.9. The summed E-state index contributed by atoms with van der Waals surface area (Å²) in [5.74, 6) is 0.839. The molecule has 2 aromatic rings. The van der Waals surface area contributed by atoms with E-state index in [1.54, 1.807) is 24.7 Å². The summed E-state index contributed by atoms with van der Waals surface area (Å²) in [6, 6.07) is 3.67. The van der Waals surface area contributed by atoms with Crippen molar-refractivity contribution < 1.29 is 0 Å². The van der Waals surface area contributed by atoms with Crippen molar-refractivity contribution in [1.82, 2.24) is 15.0 Å². The fourth-order valence-corrected chi connectivity index (χ4v) is 0.883. The second-order valence-corrected chi connectivity index (χ2v) is 2.11. The highest BCUT2D eigenvalue weighted by Crippen LogP contribution is 2.10. The van der Waals surface area contributed by atoms with Gasteiger partial charge in [-0.05, 0) is 12.1 Å². The van der Waals surface area contributed by atoms with Crippen molar-refractivity contribution in [2.45, 2.75) is 0 Å². The maximum Gasteiger partial charge on any atom is 0.138 e. The lowest BCUT2D eigenvalue weighted by Crippen LogP contribution is -1.80. The Morgan fingerprint density at radius 1 is 1.45 bits per heavy atom. The third-order valence-electron chi connectivity index (χ3n) is 1.39. The van der Waals surface area contributed by atoms with Crippen LogP contribution in [0.4, 0.5) is 0 Å². The van der Waals surface area contributed by atoms with Gasteiger partial charge in [-0.2, -0.15) is 0 Å². The van der Waals surface area contributed by atoms with Crippen LogP contribution in [0.3, 0.4) is 0 Å². The maximum atomic E-state index is 4.08.